The SMILES string of the molecule is CC1CNc2ncncc2N1. The van der Waals surface area contributed by atoms with Crippen LogP contribution in [0.3, 0.4) is 0 Å². The van der Waals surface area contributed by atoms with Crippen LogP contribution >= 0.6 is 0 Å². The zero-order valence-electron chi connectivity index (χ0n) is 6.33. The van der Waals surface area contributed by atoms with Gasteiger partial charge in [-0.15, -0.1) is 0 Å². The number of hydrogen-bond acceptors (Lipinski definition) is 4. The molecule has 1 aromatic heterocycles. The van der Waals surface area contributed by atoms with Crippen molar-refractivity contribution in [2.75, 3.05) is 17.2 Å². The van der Waals surface area contributed by atoms with Crippen LogP contribution in [0, 0.1) is 0 Å². The Morgan fingerprint density at radius 1 is 1.64 bits per heavy atom. The molecule has 0 spiro atoms. The van der Waals surface area contributed by atoms with E-state index in [4.69, 9.17) is 0 Å². The van der Waals surface area contributed by atoms with Crippen molar-refractivity contribution in [1.29, 1.82) is 0 Å². The molecule has 0 fully saturated rings. The van der Waals surface area contributed by atoms with Crippen LogP contribution in [0.25, 0.3) is 0 Å². The third-order valence-electron chi connectivity index (χ3n) is 1.69. The van der Waals surface area contributed by atoms with Gasteiger partial charge in [0.1, 0.15) is 6.33 Å². The first-order chi connectivity index (χ1) is 5.36. The molecule has 1 atom stereocenters. The van der Waals surface area contributed by atoms with Crippen LogP contribution in [0.1, 0.15) is 6.92 Å². The summed E-state index contributed by atoms with van der Waals surface area (Å²) in [7, 11) is 0. The molecule has 58 valence electrons. The third-order valence-corrected chi connectivity index (χ3v) is 1.69. The summed E-state index contributed by atoms with van der Waals surface area (Å²) >= 11 is 0. The highest BCUT2D eigenvalue weighted by Crippen LogP contribution is 2.20. The van der Waals surface area contributed by atoms with Gasteiger partial charge in [-0.3, -0.25) is 0 Å². The smallest absolute Gasteiger partial charge is 0.152 e. The van der Waals surface area contributed by atoms with Crippen LogP contribution in [0.15, 0.2) is 12.5 Å². The molecule has 0 saturated heterocycles. The van der Waals surface area contributed by atoms with Gasteiger partial charge in [0, 0.05) is 12.6 Å². The number of rotatable bonds is 0. The Hall–Kier alpha value is -1.32. The summed E-state index contributed by atoms with van der Waals surface area (Å²) in [6, 6.07) is 0.452. The summed E-state index contributed by atoms with van der Waals surface area (Å²) < 4.78 is 0. The van der Waals surface area contributed by atoms with E-state index >= 15 is 0 Å². The Labute approximate surface area is 65.1 Å². The summed E-state index contributed by atoms with van der Waals surface area (Å²) in [5.41, 5.74) is 0.992. The highest BCUT2D eigenvalue weighted by atomic mass is 15.1. The minimum Gasteiger partial charge on any atom is -0.377 e. The van der Waals surface area contributed by atoms with E-state index in [0.717, 1.165) is 18.1 Å². The average Bonchev–Trinajstić information content (AvgIpc) is 2.04. The molecule has 4 heteroatoms. The highest BCUT2D eigenvalue weighted by Gasteiger charge is 2.12. The molecule has 1 unspecified atom stereocenters. The van der Waals surface area contributed by atoms with Crippen molar-refractivity contribution in [3.05, 3.63) is 12.5 Å². The van der Waals surface area contributed by atoms with E-state index in [2.05, 4.69) is 27.5 Å². The van der Waals surface area contributed by atoms with Crippen LogP contribution in [0.5, 0.6) is 0 Å². The first-order valence-electron chi connectivity index (χ1n) is 3.66. The molecule has 0 radical (unpaired) electrons. The molecule has 2 heterocycles. The second-order valence-electron chi connectivity index (χ2n) is 2.71. The molecule has 0 aliphatic carbocycles. The first-order valence-corrected chi connectivity index (χ1v) is 3.66. The number of fused-ring (bicyclic) bond motifs is 1. The number of anilines is 2. The molecular weight excluding hydrogens is 140 g/mol. The number of nitrogens with zero attached hydrogens (tertiary/aromatic N) is 2. The van der Waals surface area contributed by atoms with Gasteiger partial charge in [0.05, 0.1) is 11.9 Å². The third kappa shape index (κ3) is 1.11. The predicted molar refractivity (Wildman–Crippen MR) is 43.6 cm³/mol. The van der Waals surface area contributed by atoms with Crippen LogP contribution in [0.2, 0.25) is 0 Å². The van der Waals surface area contributed by atoms with Crippen molar-refractivity contribution >= 4 is 11.5 Å². The topological polar surface area (TPSA) is 49.8 Å². The maximum absolute atomic E-state index is 4.07. The Balaban J connectivity index is 2.34. The lowest BCUT2D eigenvalue weighted by Gasteiger charge is -2.23. The lowest BCUT2D eigenvalue weighted by Crippen LogP contribution is -2.30. The van der Waals surface area contributed by atoms with Gasteiger partial charge in [0.15, 0.2) is 5.82 Å². The van der Waals surface area contributed by atoms with Crippen molar-refractivity contribution in [3.63, 3.8) is 0 Å². The fourth-order valence-electron chi connectivity index (χ4n) is 1.14. The molecular formula is C7H10N4. The van der Waals surface area contributed by atoms with E-state index in [-0.39, 0.29) is 0 Å². The van der Waals surface area contributed by atoms with Gasteiger partial charge >= 0.3 is 0 Å². The second-order valence-corrected chi connectivity index (χ2v) is 2.71. The van der Waals surface area contributed by atoms with Crippen LogP contribution in [-0.2, 0) is 0 Å². The molecule has 2 N–H and O–H groups in total. The zero-order valence-corrected chi connectivity index (χ0v) is 6.33. The number of aromatic nitrogens is 2. The van der Waals surface area contributed by atoms with Crippen molar-refractivity contribution in [3.8, 4) is 0 Å². The minimum absolute atomic E-state index is 0.452. The average molecular weight is 150 g/mol. The largest absolute Gasteiger partial charge is 0.377 e. The van der Waals surface area contributed by atoms with E-state index in [1.165, 1.54) is 0 Å². The van der Waals surface area contributed by atoms with Gasteiger partial charge in [-0.1, -0.05) is 0 Å². The summed E-state index contributed by atoms with van der Waals surface area (Å²) in [6.45, 7) is 3.03. The summed E-state index contributed by atoms with van der Waals surface area (Å²) in [5, 5.41) is 6.47. The fraction of sp³-hybridized carbons (Fsp3) is 0.429. The monoisotopic (exact) mass is 150 g/mol. The van der Waals surface area contributed by atoms with E-state index in [1.807, 2.05) is 0 Å². The molecule has 11 heavy (non-hydrogen) atoms. The molecule has 1 aliphatic rings. The summed E-state index contributed by atoms with van der Waals surface area (Å²) in [4.78, 5) is 7.99. The van der Waals surface area contributed by atoms with Crippen molar-refractivity contribution in [1.82, 2.24) is 9.97 Å². The maximum Gasteiger partial charge on any atom is 0.152 e. The molecule has 2 rings (SSSR count). The standard InChI is InChI=1S/C7H10N4/c1-5-2-9-7-6(11-5)3-8-4-10-7/h3-5,11H,2H2,1H3,(H,8,9,10). The van der Waals surface area contributed by atoms with E-state index in [0.29, 0.717) is 6.04 Å². The van der Waals surface area contributed by atoms with Gasteiger partial charge in [-0.25, -0.2) is 9.97 Å². The minimum atomic E-state index is 0.452. The Bertz CT molecular complexity index is 260. The summed E-state index contributed by atoms with van der Waals surface area (Å²) in [5.74, 6) is 0.901. The van der Waals surface area contributed by atoms with Crippen molar-refractivity contribution in [2.45, 2.75) is 13.0 Å². The Morgan fingerprint density at radius 2 is 2.55 bits per heavy atom. The molecule has 4 nitrogen and oxygen atoms in total. The molecule has 1 aromatic rings. The quantitative estimate of drug-likeness (QED) is 0.571. The molecule has 0 aromatic carbocycles. The Morgan fingerprint density at radius 3 is 3.45 bits per heavy atom. The van der Waals surface area contributed by atoms with E-state index in [9.17, 15) is 0 Å². The lowest BCUT2D eigenvalue weighted by molar-refractivity contribution is 0.806. The molecule has 0 saturated carbocycles. The lowest BCUT2D eigenvalue weighted by atomic mass is 10.2. The number of nitrogens with one attached hydrogen (secondary N) is 2. The van der Waals surface area contributed by atoms with Crippen LogP contribution in [0.4, 0.5) is 11.5 Å². The Kier molecular flexibility index (Phi) is 1.38. The van der Waals surface area contributed by atoms with Crippen molar-refractivity contribution in [2.24, 2.45) is 0 Å². The number of hydrogen-bond donors (Lipinski definition) is 2. The van der Waals surface area contributed by atoms with Crippen molar-refractivity contribution < 1.29 is 0 Å². The normalized spacial score (nSPS) is 21.4. The van der Waals surface area contributed by atoms with Crippen LogP contribution < -0.4 is 10.6 Å². The van der Waals surface area contributed by atoms with Gasteiger partial charge in [0.25, 0.3) is 0 Å². The highest BCUT2D eigenvalue weighted by molar-refractivity contribution is 5.65. The van der Waals surface area contributed by atoms with Gasteiger partial charge in [0.2, 0.25) is 0 Å². The van der Waals surface area contributed by atoms with Gasteiger partial charge in [-0.05, 0) is 6.92 Å². The predicted octanol–water partition coefficient (Wildman–Crippen LogP) is 0.703. The molecule has 0 amide bonds. The fourth-order valence-corrected chi connectivity index (χ4v) is 1.14. The van der Waals surface area contributed by atoms with Gasteiger partial charge < -0.3 is 10.6 Å². The molecule has 1 aliphatic heterocycles. The van der Waals surface area contributed by atoms with Gasteiger partial charge in [-0.2, -0.15) is 0 Å². The molecule has 0 bridgehead atoms. The second kappa shape index (κ2) is 2.38. The zero-order chi connectivity index (χ0) is 7.68. The first kappa shape index (κ1) is 6.39. The maximum atomic E-state index is 4.07. The van der Waals surface area contributed by atoms with E-state index in [1.54, 1.807) is 12.5 Å². The van der Waals surface area contributed by atoms with E-state index < -0.39 is 0 Å². The summed E-state index contributed by atoms with van der Waals surface area (Å²) in [6.07, 6.45) is 3.33. The van der Waals surface area contributed by atoms with Crippen LogP contribution in [-0.4, -0.2) is 22.6 Å².